The summed E-state index contributed by atoms with van der Waals surface area (Å²) in [4.78, 5) is 13.4. The van der Waals surface area contributed by atoms with E-state index in [1.54, 1.807) is 23.3 Å². The number of nitrogens with two attached hydrogens (primary N) is 1. The molecular formula is C10H15BrN2OS. The van der Waals surface area contributed by atoms with Crippen LogP contribution < -0.4 is 10.6 Å². The molecule has 3 nitrogen and oxygen atoms in total. The summed E-state index contributed by atoms with van der Waals surface area (Å²) in [6.07, 6.45) is 1.24. The maximum Gasteiger partial charge on any atom is 0.227 e. The Morgan fingerprint density at radius 1 is 1.67 bits per heavy atom. The van der Waals surface area contributed by atoms with Gasteiger partial charge in [0.1, 0.15) is 0 Å². The number of carbonyl (C=O) groups is 1. The van der Waals surface area contributed by atoms with E-state index in [9.17, 15) is 4.79 Å². The van der Waals surface area contributed by atoms with Crippen molar-refractivity contribution in [3.8, 4) is 0 Å². The van der Waals surface area contributed by atoms with Crippen LogP contribution in [0.25, 0.3) is 0 Å². The summed E-state index contributed by atoms with van der Waals surface area (Å²) in [5.41, 5.74) is 5.61. The van der Waals surface area contributed by atoms with Crippen molar-refractivity contribution >= 4 is 38.2 Å². The zero-order valence-electron chi connectivity index (χ0n) is 8.87. The highest BCUT2D eigenvalue weighted by Gasteiger charge is 2.12. The van der Waals surface area contributed by atoms with Crippen LogP contribution in [0.4, 0.5) is 5.00 Å². The molecule has 0 bridgehead atoms. The minimum atomic E-state index is 0.0809. The Kier molecular flexibility index (Phi) is 4.76. The van der Waals surface area contributed by atoms with E-state index in [-0.39, 0.29) is 11.9 Å². The normalized spacial score (nSPS) is 12.5. The standard InChI is InChI=1S/C10H15BrN2OS/c1-7(12)3-5-9(14)13(2)10-6-4-8(11)15-10/h4,6-7H,3,5,12H2,1-2H3. The van der Waals surface area contributed by atoms with Gasteiger partial charge in [-0.15, -0.1) is 11.3 Å². The number of hydrogen-bond acceptors (Lipinski definition) is 3. The molecule has 1 heterocycles. The van der Waals surface area contributed by atoms with Gasteiger partial charge >= 0.3 is 0 Å². The van der Waals surface area contributed by atoms with Crippen molar-refractivity contribution in [3.63, 3.8) is 0 Å². The number of anilines is 1. The molecule has 0 saturated heterocycles. The van der Waals surface area contributed by atoms with Crippen molar-refractivity contribution in [2.75, 3.05) is 11.9 Å². The summed E-state index contributed by atoms with van der Waals surface area (Å²) in [6.45, 7) is 1.91. The average Bonchev–Trinajstić information content (AvgIpc) is 2.60. The molecule has 0 aliphatic rings. The monoisotopic (exact) mass is 290 g/mol. The quantitative estimate of drug-likeness (QED) is 0.927. The second-order valence-electron chi connectivity index (χ2n) is 3.55. The Labute approximate surface area is 102 Å². The number of carbonyl (C=O) groups excluding carboxylic acids is 1. The number of hydrogen-bond donors (Lipinski definition) is 1. The predicted molar refractivity (Wildman–Crippen MR) is 68.3 cm³/mol. The molecule has 0 aliphatic heterocycles. The van der Waals surface area contributed by atoms with Gasteiger partial charge in [-0.1, -0.05) is 0 Å². The van der Waals surface area contributed by atoms with Crippen LogP contribution in [-0.4, -0.2) is 19.0 Å². The number of nitrogens with zero attached hydrogens (tertiary/aromatic N) is 1. The molecule has 1 rings (SSSR count). The molecule has 5 heteroatoms. The first-order valence-corrected chi connectivity index (χ1v) is 6.39. The first-order valence-electron chi connectivity index (χ1n) is 4.78. The summed E-state index contributed by atoms with van der Waals surface area (Å²) in [5, 5.41) is 0.955. The molecule has 0 fully saturated rings. The van der Waals surface area contributed by atoms with Gasteiger partial charge in [0.05, 0.1) is 8.79 Å². The van der Waals surface area contributed by atoms with Gasteiger partial charge in [-0.05, 0) is 41.4 Å². The van der Waals surface area contributed by atoms with Crippen LogP contribution in [0.2, 0.25) is 0 Å². The molecule has 1 unspecified atom stereocenters. The van der Waals surface area contributed by atoms with Gasteiger partial charge < -0.3 is 10.6 Å². The zero-order chi connectivity index (χ0) is 11.4. The fourth-order valence-corrected chi connectivity index (χ4v) is 2.47. The summed E-state index contributed by atoms with van der Waals surface area (Å²) in [6, 6.07) is 3.95. The molecule has 0 radical (unpaired) electrons. The van der Waals surface area contributed by atoms with E-state index in [1.807, 2.05) is 19.1 Å². The highest BCUT2D eigenvalue weighted by molar-refractivity contribution is 9.11. The summed E-state index contributed by atoms with van der Waals surface area (Å²) in [7, 11) is 1.79. The van der Waals surface area contributed by atoms with Crippen LogP contribution in [-0.2, 0) is 4.79 Å². The molecule has 1 aromatic rings. The topological polar surface area (TPSA) is 46.3 Å². The van der Waals surface area contributed by atoms with Crippen LogP contribution in [0.5, 0.6) is 0 Å². The number of halogens is 1. The molecular weight excluding hydrogens is 276 g/mol. The van der Waals surface area contributed by atoms with Crippen molar-refractivity contribution in [2.45, 2.75) is 25.8 Å². The van der Waals surface area contributed by atoms with Gasteiger partial charge in [0.2, 0.25) is 5.91 Å². The van der Waals surface area contributed by atoms with Gasteiger partial charge in [-0.25, -0.2) is 0 Å². The van der Waals surface area contributed by atoms with Crippen LogP contribution >= 0.6 is 27.3 Å². The van der Waals surface area contributed by atoms with Gasteiger partial charge in [0.25, 0.3) is 0 Å². The van der Waals surface area contributed by atoms with Crippen LogP contribution in [0.3, 0.4) is 0 Å². The van der Waals surface area contributed by atoms with Crippen LogP contribution in [0.15, 0.2) is 15.9 Å². The molecule has 0 aromatic carbocycles. The third kappa shape index (κ3) is 3.93. The van der Waals surface area contributed by atoms with Crippen molar-refractivity contribution in [1.82, 2.24) is 0 Å². The molecule has 1 aromatic heterocycles. The lowest BCUT2D eigenvalue weighted by molar-refractivity contribution is -0.118. The van der Waals surface area contributed by atoms with E-state index in [4.69, 9.17) is 5.73 Å². The third-order valence-corrected chi connectivity index (χ3v) is 3.78. The zero-order valence-corrected chi connectivity index (χ0v) is 11.3. The fraction of sp³-hybridized carbons (Fsp3) is 0.500. The van der Waals surface area contributed by atoms with Gasteiger partial charge in [-0.2, -0.15) is 0 Å². The van der Waals surface area contributed by atoms with Gasteiger partial charge in [0, 0.05) is 19.5 Å². The van der Waals surface area contributed by atoms with Crippen LogP contribution in [0, 0.1) is 0 Å². The predicted octanol–water partition coefficient (Wildman–Crippen LogP) is 2.60. The van der Waals surface area contributed by atoms with Crippen molar-refractivity contribution in [3.05, 3.63) is 15.9 Å². The molecule has 84 valence electrons. The number of rotatable bonds is 4. The summed E-state index contributed by atoms with van der Waals surface area (Å²) in [5.74, 6) is 0.113. The lowest BCUT2D eigenvalue weighted by atomic mass is 10.2. The SMILES string of the molecule is CC(N)CCC(=O)N(C)c1ccc(Br)s1. The summed E-state index contributed by atoms with van der Waals surface area (Å²) >= 11 is 4.92. The second kappa shape index (κ2) is 5.63. The molecule has 0 saturated carbocycles. The first-order chi connectivity index (χ1) is 7.00. The number of amides is 1. The molecule has 1 amide bonds. The van der Waals surface area contributed by atoms with Gasteiger partial charge in [-0.3, -0.25) is 4.79 Å². The highest BCUT2D eigenvalue weighted by atomic mass is 79.9. The Bertz CT molecular complexity index is 338. The lowest BCUT2D eigenvalue weighted by Crippen LogP contribution is -2.27. The molecule has 0 aliphatic carbocycles. The Hall–Kier alpha value is -0.390. The number of thiophene rings is 1. The largest absolute Gasteiger partial charge is 0.328 e. The van der Waals surface area contributed by atoms with E-state index in [0.717, 1.165) is 15.2 Å². The fourth-order valence-electron chi connectivity index (χ4n) is 1.13. The Balaban J connectivity index is 2.53. The minimum absolute atomic E-state index is 0.0809. The van der Waals surface area contributed by atoms with Crippen molar-refractivity contribution in [1.29, 1.82) is 0 Å². The van der Waals surface area contributed by atoms with Gasteiger partial charge in [0.15, 0.2) is 0 Å². The van der Waals surface area contributed by atoms with Crippen molar-refractivity contribution < 1.29 is 4.79 Å². The molecule has 0 spiro atoms. The summed E-state index contributed by atoms with van der Waals surface area (Å²) < 4.78 is 1.03. The third-order valence-electron chi connectivity index (χ3n) is 2.08. The van der Waals surface area contributed by atoms with Crippen LogP contribution in [0.1, 0.15) is 19.8 Å². The first kappa shape index (κ1) is 12.7. The Morgan fingerprint density at radius 2 is 2.33 bits per heavy atom. The van der Waals surface area contributed by atoms with E-state index in [0.29, 0.717) is 6.42 Å². The van der Waals surface area contributed by atoms with Crippen molar-refractivity contribution in [2.24, 2.45) is 5.73 Å². The lowest BCUT2D eigenvalue weighted by Gasteiger charge is -2.15. The molecule has 2 N–H and O–H groups in total. The molecule has 15 heavy (non-hydrogen) atoms. The molecule has 1 atom stereocenters. The van der Waals surface area contributed by atoms with E-state index in [1.165, 1.54) is 0 Å². The second-order valence-corrected chi connectivity index (χ2v) is 5.99. The smallest absolute Gasteiger partial charge is 0.227 e. The van der Waals surface area contributed by atoms with E-state index < -0.39 is 0 Å². The Morgan fingerprint density at radius 3 is 2.80 bits per heavy atom. The maximum absolute atomic E-state index is 11.7. The van der Waals surface area contributed by atoms with E-state index >= 15 is 0 Å². The minimum Gasteiger partial charge on any atom is -0.328 e. The average molecular weight is 291 g/mol. The highest BCUT2D eigenvalue weighted by Crippen LogP contribution is 2.29. The maximum atomic E-state index is 11.7. The van der Waals surface area contributed by atoms with E-state index in [2.05, 4.69) is 15.9 Å².